The monoisotopic (exact) mass is 216 g/mol. The Morgan fingerprint density at radius 1 is 1.38 bits per heavy atom. The van der Waals surface area contributed by atoms with Gasteiger partial charge in [0.15, 0.2) is 0 Å². The first-order valence-corrected chi connectivity index (χ1v) is 3.51. The molecule has 0 fully saturated rings. The summed E-state index contributed by atoms with van der Waals surface area (Å²) in [5.41, 5.74) is 0. The quantitative estimate of drug-likeness (QED) is 0.527. The van der Waals surface area contributed by atoms with E-state index in [0.29, 0.717) is 0 Å². The Morgan fingerprint density at radius 2 is 1.75 bits per heavy atom. The maximum atomic E-state index is 9.77. The van der Waals surface area contributed by atoms with Gasteiger partial charge in [0.05, 0.1) is 12.8 Å². The van der Waals surface area contributed by atoms with Crippen molar-refractivity contribution in [1.82, 2.24) is 0 Å². The van der Waals surface area contributed by atoms with E-state index < -0.39 is 20.4 Å². The van der Waals surface area contributed by atoms with E-state index in [-0.39, 0.29) is 26.2 Å². The van der Waals surface area contributed by atoms with Crippen molar-refractivity contribution in [2.24, 2.45) is 0 Å². The summed E-state index contributed by atoms with van der Waals surface area (Å²) in [6, 6.07) is 0. The topological polar surface area (TPSA) is 77.8 Å². The van der Waals surface area contributed by atoms with Crippen molar-refractivity contribution >= 4 is 7.60 Å². The standard InChI is InChI=1S/C2H7O4P.Zr/c3-1-2-7(4,5)6;/h3H,1-2H2,(H2,4,5,6);. The molecule has 0 aromatic carbocycles. The molecule has 0 heterocycles. The van der Waals surface area contributed by atoms with Crippen LogP contribution in [0.4, 0.5) is 0 Å². The molecule has 6 heteroatoms. The van der Waals surface area contributed by atoms with Crippen molar-refractivity contribution in [3.8, 4) is 0 Å². The Hall–Kier alpha value is 0.993. The van der Waals surface area contributed by atoms with Gasteiger partial charge < -0.3 is 14.9 Å². The van der Waals surface area contributed by atoms with E-state index in [9.17, 15) is 4.57 Å². The third-order valence-electron chi connectivity index (χ3n) is 0.391. The Kier molecular flexibility index (Phi) is 7.10. The molecule has 0 aromatic rings. The number of aliphatic hydroxyl groups excluding tert-OH is 1. The minimum Gasteiger partial charge on any atom is -0.396 e. The van der Waals surface area contributed by atoms with Crippen molar-refractivity contribution in [2.45, 2.75) is 0 Å². The van der Waals surface area contributed by atoms with Gasteiger partial charge in [-0.25, -0.2) is 0 Å². The zero-order chi connectivity index (χ0) is 5.91. The van der Waals surface area contributed by atoms with Gasteiger partial charge in [-0.2, -0.15) is 0 Å². The van der Waals surface area contributed by atoms with E-state index in [2.05, 4.69) is 0 Å². The maximum Gasteiger partial charge on any atom is 0.327 e. The molecule has 0 saturated carbocycles. The zero-order valence-electron chi connectivity index (χ0n) is 4.11. The first kappa shape index (κ1) is 11.7. The summed E-state index contributed by atoms with van der Waals surface area (Å²) in [6.07, 6.45) is -0.438. The molecule has 0 amide bonds. The summed E-state index contributed by atoms with van der Waals surface area (Å²) >= 11 is 0. The van der Waals surface area contributed by atoms with E-state index in [0.717, 1.165) is 0 Å². The zero-order valence-corrected chi connectivity index (χ0v) is 7.46. The number of aliphatic hydroxyl groups is 1. The molecule has 4 nitrogen and oxygen atoms in total. The summed E-state index contributed by atoms with van der Waals surface area (Å²) < 4.78 is 9.77. The molecule has 0 aliphatic carbocycles. The second-order valence-corrected chi connectivity index (χ2v) is 2.89. The van der Waals surface area contributed by atoms with Crippen LogP contribution in [0.3, 0.4) is 0 Å². The van der Waals surface area contributed by atoms with Crippen LogP contribution in [-0.2, 0) is 30.8 Å². The second-order valence-electron chi connectivity index (χ2n) is 1.11. The first-order valence-electron chi connectivity index (χ1n) is 1.72. The second kappa shape index (κ2) is 4.83. The van der Waals surface area contributed by atoms with Gasteiger partial charge in [-0.1, -0.05) is 0 Å². The first-order chi connectivity index (χ1) is 3.06. The molecule has 0 rings (SSSR count). The van der Waals surface area contributed by atoms with Crippen LogP contribution in [-0.4, -0.2) is 27.7 Å². The molecule has 0 aromatic heterocycles. The molecule has 8 heavy (non-hydrogen) atoms. The van der Waals surface area contributed by atoms with Crippen molar-refractivity contribution in [3.05, 3.63) is 0 Å². The third-order valence-corrected chi connectivity index (χ3v) is 1.17. The predicted molar refractivity (Wildman–Crippen MR) is 24.0 cm³/mol. The van der Waals surface area contributed by atoms with Gasteiger partial charge in [-0.05, 0) is 0 Å². The normalized spacial score (nSPS) is 10.4. The van der Waals surface area contributed by atoms with Crippen molar-refractivity contribution in [2.75, 3.05) is 12.8 Å². The van der Waals surface area contributed by atoms with Gasteiger partial charge in [0.25, 0.3) is 0 Å². The number of hydrogen-bond donors (Lipinski definition) is 3. The minimum atomic E-state index is -3.92. The summed E-state index contributed by atoms with van der Waals surface area (Å²) in [6.45, 7) is -0.454. The smallest absolute Gasteiger partial charge is 0.327 e. The Balaban J connectivity index is 0. The molecular weight excluding hydrogens is 210 g/mol. The van der Waals surface area contributed by atoms with E-state index in [1.165, 1.54) is 0 Å². The molecule has 0 aliphatic heterocycles. The summed E-state index contributed by atoms with van der Waals surface area (Å²) in [7, 11) is -3.92. The van der Waals surface area contributed by atoms with E-state index in [4.69, 9.17) is 14.9 Å². The Labute approximate surface area is 66.2 Å². The molecule has 0 bridgehead atoms. The molecule has 3 N–H and O–H groups in total. The predicted octanol–water partition coefficient (Wildman–Crippen LogP) is -0.846. The Morgan fingerprint density at radius 3 is 1.75 bits per heavy atom. The molecule has 0 unspecified atom stereocenters. The van der Waals surface area contributed by atoms with Gasteiger partial charge in [0, 0.05) is 26.2 Å². The van der Waals surface area contributed by atoms with Crippen LogP contribution in [0.5, 0.6) is 0 Å². The van der Waals surface area contributed by atoms with Crippen LogP contribution in [0.1, 0.15) is 0 Å². The fourth-order valence-corrected chi connectivity index (χ4v) is 0.391. The van der Waals surface area contributed by atoms with Crippen molar-refractivity contribution in [3.63, 3.8) is 0 Å². The van der Waals surface area contributed by atoms with Gasteiger partial charge >= 0.3 is 7.60 Å². The fraction of sp³-hybridized carbons (Fsp3) is 1.00. The molecule has 0 atom stereocenters. The number of hydrogen-bond acceptors (Lipinski definition) is 2. The van der Waals surface area contributed by atoms with Crippen LogP contribution in [0, 0.1) is 0 Å². The van der Waals surface area contributed by atoms with Gasteiger partial charge in [-0.3, -0.25) is 4.57 Å². The maximum absolute atomic E-state index is 9.77. The van der Waals surface area contributed by atoms with Crippen molar-refractivity contribution < 1.29 is 45.7 Å². The van der Waals surface area contributed by atoms with E-state index in [1.54, 1.807) is 0 Å². The molecule has 0 spiro atoms. The largest absolute Gasteiger partial charge is 0.396 e. The van der Waals surface area contributed by atoms with Crippen LogP contribution in [0.2, 0.25) is 0 Å². The summed E-state index contributed by atoms with van der Waals surface area (Å²) in [5, 5.41) is 7.91. The molecule has 0 saturated heterocycles. The average molecular weight is 217 g/mol. The summed E-state index contributed by atoms with van der Waals surface area (Å²) in [5.74, 6) is 0. The third kappa shape index (κ3) is 10.1. The van der Waals surface area contributed by atoms with E-state index in [1.807, 2.05) is 0 Å². The van der Waals surface area contributed by atoms with Crippen LogP contribution < -0.4 is 0 Å². The van der Waals surface area contributed by atoms with E-state index >= 15 is 0 Å². The molecule has 0 aliphatic rings. The van der Waals surface area contributed by atoms with Gasteiger partial charge in [-0.15, -0.1) is 0 Å². The Bertz CT molecular complexity index is 88.0. The molecular formula is C2H7O4PZr. The van der Waals surface area contributed by atoms with Crippen LogP contribution in [0.25, 0.3) is 0 Å². The van der Waals surface area contributed by atoms with Gasteiger partial charge in [0.2, 0.25) is 0 Å². The van der Waals surface area contributed by atoms with Crippen LogP contribution >= 0.6 is 7.60 Å². The number of rotatable bonds is 2. The van der Waals surface area contributed by atoms with Crippen LogP contribution in [0.15, 0.2) is 0 Å². The minimum absolute atomic E-state index is 0. The average Bonchev–Trinajstić information content (AvgIpc) is 1.30. The molecule has 0 radical (unpaired) electrons. The SMILES string of the molecule is O=P(O)(O)CCO.[Zr]. The van der Waals surface area contributed by atoms with Crippen molar-refractivity contribution in [1.29, 1.82) is 0 Å². The molecule has 48 valence electrons. The fourth-order valence-electron chi connectivity index (χ4n) is 0.130. The van der Waals surface area contributed by atoms with Gasteiger partial charge in [0.1, 0.15) is 0 Å². The summed E-state index contributed by atoms with van der Waals surface area (Å²) in [4.78, 5) is 15.9.